The standard InChI is InChI=1S/C24H21F3N6O3S/c1-14-12-15(2)29-23(28-14)37-13-20-21(22(34)30-16-4-8-18(35-3)9-5-16)31-32-33(20)17-6-10-19(11-7-17)36-24(25,26)27/h4-12H,13H2,1-3H3,(H,30,34). The molecule has 0 radical (unpaired) electrons. The van der Waals surface area contributed by atoms with Gasteiger partial charge in [-0.2, -0.15) is 0 Å². The van der Waals surface area contributed by atoms with Crippen molar-refractivity contribution in [2.24, 2.45) is 0 Å². The molecule has 4 aromatic rings. The average Bonchev–Trinajstić information content (AvgIpc) is 3.26. The molecule has 192 valence electrons. The predicted molar refractivity (Wildman–Crippen MR) is 130 cm³/mol. The maximum atomic E-state index is 13.1. The lowest BCUT2D eigenvalue weighted by molar-refractivity contribution is -0.274. The quantitative estimate of drug-likeness (QED) is 0.247. The zero-order valence-corrected chi connectivity index (χ0v) is 20.7. The van der Waals surface area contributed by atoms with E-state index in [0.29, 0.717) is 28.0 Å². The first kappa shape index (κ1) is 25.9. The summed E-state index contributed by atoms with van der Waals surface area (Å²) in [7, 11) is 1.54. The molecule has 4 rings (SSSR count). The van der Waals surface area contributed by atoms with E-state index in [2.05, 4.69) is 30.3 Å². The lowest BCUT2D eigenvalue weighted by Crippen LogP contribution is -2.17. The van der Waals surface area contributed by atoms with Crippen LogP contribution in [0.15, 0.2) is 59.8 Å². The van der Waals surface area contributed by atoms with Gasteiger partial charge in [0.05, 0.1) is 18.5 Å². The summed E-state index contributed by atoms with van der Waals surface area (Å²) in [6.07, 6.45) is -4.81. The fourth-order valence-electron chi connectivity index (χ4n) is 3.36. The molecular weight excluding hydrogens is 509 g/mol. The van der Waals surface area contributed by atoms with Crippen molar-refractivity contribution in [1.29, 1.82) is 0 Å². The van der Waals surface area contributed by atoms with Gasteiger partial charge in [-0.15, -0.1) is 18.3 Å². The first-order chi connectivity index (χ1) is 17.6. The third-order valence-electron chi connectivity index (χ3n) is 4.94. The molecule has 0 aliphatic heterocycles. The van der Waals surface area contributed by atoms with E-state index >= 15 is 0 Å². The number of thioether (sulfide) groups is 1. The molecule has 13 heteroatoms. The van der Waals surface area contributed by atoms with Crippen molar-refractivity contribution >= 4 is 23.4 Å². The number of carbonyl (C=O) groups excluding carboxylic acids is 1. The summed E-state index contributed by atoms with van der Waals surface area (Å²) in [4.78, 5) is 21.9. The number of anilines is 1. The molecule has 1 N–H and O–H groups in total. The number of nitrogens with zero attached hydrogens (tertiary/aromatic N) is 5. The Hall–Kier alpha value is -4.13. The Morgan fingerprint density at radius 3 is 2.22 bits per heavy atom. The molecule has 2 heterocycles. The number of hydrogen-bond donors (Lipinski definition) is 1. The summed E-state index contributed by atoms with van der Waals surface area (Å²) in [5.41, 5.74) is 2.94. The SMILES string of the molecule is COc1ccc(NC(=O)c2nnn(-c3ccc(OC(F)(F)F)cc3)c2CSc2nc(C)cc(C)n2)cc1. The van der Waals surface area contributed by atoms with Crippen molar-refractivity contribution in [3.05, 3.63) is 77.4 Å². The normalized spacial score (nSPS) is 11.3. The van der Waals surface area contributed by atoms with Gasteiger partial charge >= 0.3 is 6.36 Å². The average molecular weight is 531 g/mol. The largest absolute Gasteiger partial charge is 0.573 e. The molecule has 0 unspecified atom stereocenters. The van der Waals surface area contributed by atoms with Crippen molar-refractivity contribution in [1.82, 2.24) is 25.0 Å². The summed E-state index contributed by atoms with van der Waals surface area (Å²) >= 11 is 1.28. The van der Waals surface area contributed by atoms with Gasteiger partial charge in [-0.05, 0) is 68.4 Å². The molecule has 37 heavy (non-hydrogen) atoms. The fourth-order valence-corrected chi connectivity index (χ4v) is 4.30. The number of alkyl halides is 3. The summed E-state index contributed by atoms with van der Waals surface area (Å²) in [5.74, 6) is -0.0478. The van der Waals surface area contributed by atoms with Gasteiger partial charge in [-0.1, -0.05) is 17.0 Å². The number of halogens is 3. The molecule has 0 bridgehead atoms. The Morgan fingerprint density at radius 2 is 1.62 bits per heavy atom. The van der Waals surface area contributed by atoms with Crippen LogP contribution in [-0.4, -0.2) is 44.3 Å². The monoisotopic (exact) mass is 530 g/mol. The van der Waals surface area contributed by atoms with E-state index in [1.54, 1.807) is 24.3 Å². The van der Waals surface area contributed by atoms with Crippen molar-refractivity contribution in [2.75, 3.05) is 12.4 Å². The predicted octanol–water partition coefficient (Wildman–Crippen LogP) is 5.13. The van der Waals surface area contributed by atoms with E-state index in [9.17, 15) is 18.0 Å². The van der Waals surface area contributed by atoms with Crippen molar-refractivity contribution in [2.45, 2.75) is 31.1 Å². The number of aromatic nitrogens is 5. The van der Waals surface area contributed by atoms with E-state index in [4.69, 9.17) is 4.74 Å². The van der Waals surface area contributed by atoms with Crippen molar-refractivity contribution in [3.63, 3.8) is 0 Å². The molecule has 2 aromatic heterocycles. The molecule has 0 aliphatic rings. The Morgan fingerprint density at radius 1 is 1.00 bits per heavy atom. The van der Waals surface area contributed by atoms with Crippen LogP contribution in [0.1, 0.15) is 27.6 Å². The second-order valence-electron chi connectivity index (χ2n) is 7.74. The van der Waals surface area contributed by atoms with E-state index in [1.165, 1.54) is 35.7 Å². The minimum Gasteiger partial charge on any atom is -0.497 e. The van der Waals surface area contributed by atoms with Crippen LogP contribution in [0.2, 0.25) is 0 Å². The van der Waals surface area contributed by atoms with Crippen LogP contribution in [0.25, 0.3) is 5.69 Å². The van der Waals surface area contributed by atoms with Gasteiger partial charge in [0.2, 0.25) is 0 Å². The first-order valence-electron chi connectivity index (χ1n) is 10.8. The van der Waals surface area contributed by atoms with Crippen LogP contribution in [0.4, 0.5) is 18.9 Å². The highest BCUT2D eigenvalue weighted by Gasteiger charge is 2.31. The van der Waals surface area contributed by atoms with Crippen LogP contribution in [-0.2, 0) is 5.75 Å². The van der Waals surface area contributed by atoms with Crippen molar-refractivity contribution < 1.29 is 27.4 Å². The lowest BCUT2D eigenvalue weighted by atomic mass is 10.2. The number of rotatable bonds is 8. The zero-order valence-electron chi connectivity index (χ0n) is 19.9. The maximum Gasteiger partial charge on any atom is 0.573 e. The van der Waals surface area contributed by atoms with E-state index in [1.807, 2.05) is 19.9 Å². The van der Waals surface area contributed by atoms with E-state index < -0.39 is 12.3 Å². The maximum absolute atomic E-state index is 13.1. The number of carbonyl (C=O) groups is 1. The number of ether oxygens (including phenoxy) is 2. The molecule has 0 saturated heterocycles. The molecular formula is C24H21F3N6O3S. The lowest BCUT2D eigenvalue weighted by Gasteiger charge is -2.11. The summed E-state index contributed by atoms with van der Waals surface area (Å²) in [6.45, 7) is 3.70. The number of benzene rings is 2. The van der Waals surface area contributed by atoms with Crippen molar-refractivity contribution in [3.8, 4) is 17.2 Å². The first-order valence-corrected chi connectivity index (χ1v) is 11.8. The van der Waals surface area contributed by atoms with E-state index in [-0.39, 0.29) is 17.2 Å². The second-order valence-corrected chi connectivity index (χ2v) is 8.69. The number of aryl methyl sites for hydroxylation is 2. The van der Waals surface area contributed by atoms with Crippen LogP contribution in [0, 0.1) is 13.8 Å². The number of nitrogens with one attached hydrogen (secondary N) is 1. The smallest absolute Gasteiger partial charge is 0.497 e. The van der Waals surface area contributed by atoms with Crippen LogP contribution >= 0.6 is 11.8 Å². The Balaban J connectivity index is 1.64. The van der Waals surface area contributed by atoms with E-state index in [0.717, 1.165) is 23.5 Å². The van der Waals surface area contributed by atoms with Gasteiger partial charge in [-0.3, -0.25) is 4.79 Å². The Labute approximate surface area is 214 Å². The van der Waals surface area contributed by atoms with Crippen LogP contribution in [0.3, 0.4) is 0 Å². The number of methoxy groups -OCH3 is 1. The fraction of sp³-hybridized carbons (Fsp3) is 0.208. The summed E-state index contributed by atoms with van der Waals surface area (Å²) in [5, 5.41) is 11.4. The molecule has 0 fully saturated rings. The van der Waals surface area contributed by atoms with Gasteiger partial charge in [0.25, 0.3) is 5.91 Å². The Bertz CT molecular complexity index is 1370. The zero-order chi connectivity index (χ0) is 26.6. The van der Waals surface area contributed by atoms with Gasteiger partial charge in [0.1, 0.15) is 11.5 Å². The topological polar surface area (TPSA) is 104 Å². The van der Waals surface area contributed by atoms with Crippen LogP contribution < -0.4 is 14.8 Å². The van der Waals surface area contributed by atoms with Gasteiger partial charge < -0.3 is 14.8 Å². The number of hydrogen-bond acceptors (Lipinski definition) is 8. The minimum atomic E-state index is -4.81. The summed E-state index contributed by atoms with van der Waals surface area (Å²) in [6, 6.07) is 13.7. The van der Waals surface area contributed by atoms with Gasteiger partial charge in [0, 0.05) is 22.8 Å². The highest BCUT2D eigenvalue weighted by molar-refractivity contribution is 7.98. The third-order valence-corrected chi connectivity index (χ3v) is 5.80. The molecule has 0 spiro atoms. The summed E-state index contributed by atoms with van der Waals surface area (Å²) < 4.78 is 48.1. The van der Waals surface area contributed by atoms with Gasteiger partial charge in [0.15, 0.2) is 10.9 Å². The molecule has 1 amide bonds. The Kier molecular flexibility index (Phi) is 7.62. The third kappa shape index (κ3) is 6.76. The van der Waals surface area contributed by atoms with Gasteiger partial charge in [-0.25, -0.2) is 14.6 Å². The second kappa shape index (κ2) is 10.9. The molecule has 0 saturated carbocycles. The highest BCUT2D eigenvalue weighted by Crippen LogP contribution is 2.27. The van der Waals surface area contributed by atoms with Crippen LogP contribution in [0.5, 0.6) is 11.5 Å². The minimum absolute atomic E-state index is 0.0447. The molecule has 2 aromatic carbocycles. The molecule has 0 aliphatic carbocycles. The molecule has 9 nitrogen and oxygen atoms in total. The highest BCUT2D eigenvalue weighted by atomic mass is 32.2. The number of amides is 1. The molecule has 0 atom stereocenters.